The number of nitro groups is 1. The first-order valence-electron chi connectivity index (χ1n) is 6.76. The molecule has 8 nitrogen and oxygen atoms in total. The number of hydrogen-bond donors (Lipinski definition) is 0. The second-order valence-electron chi connectivity index (χ2n) is 4.94. The second-order valence-corrected chi connectivity index (χ2v) is 7.97. The number of carbonyl (C=O) groups excluding carboxylic acids is 1. The lowest BCUT2D eigenvalue weighted by atomic mass is 10.3. The molecule has 1 saturated heterocycles. The summed E-state index contributed by atoms with van der Waals surface area (Å²) in [5.74, 6) is -0.0706. The van der Waals surface area contributed by atoms with Crippen molar-refractivity contribution in [3.63, 3.8) is 0 Å². The van der Waals surface area contributed by atoms with Crippen LogP contribution in [0.25, 0.3) is 0 Å². The van der Waals surface area contributed by atoms with Crippen molar-refractivity contribution in [3.8, 4) is 0 Å². The number of rotatable bonds is 5. The van der Waals surface area contributed by atoms with Gasteiger partial charge in [0.25, 0.3) is 5.69 Å². The predicted octanol–water partition coefficient (Wildman–Crippen LogP) is 0.949. The third-order valence-corrected chi connectivity index (χ3v) is 5.43. The van der Waals surface area contributed by atoms with Gasteiger partial charge < -0.3 is 9.64 Å². The first-order chi connectivity index (χ1) is 10.8. The minimum absolute atomic E-state index is 0.0546. The number of hydrogen-bond acceptors (Lipinski definition) is 7. The van der Waals surface area contributed by atoms with Crippen molar-refractivity contribution in [2.45, 2.75) is 9.79 Å². The van der Waals surface area contributed by atoms with Crippen LogP contribution in [0, 0.1) is 10.1 Å². The molecule has 0 N–H and O–H groups in total. The first-order valence-corrected chi connectivity index (χ1v) is 9.63. The fourth-order valence-corrected chi connectivity index (χ4v) is 3.58. The van der Waals surface area contributed by atoms with E-state index in [2.05, 4.69) is 0 Å². The van der Waals surface area contributed by atoms with Crippen molar-refractivity contribution in [1.29, 1.82) is 0 Å². The molecule has 126 valence electrons. The smallest absolute Gasteiger partial charge is 0.284 e. The van der Waals surface area contributed by atoms with Crippen molar-refractivity contribution in [3.05, 3.63) is 28.3 Å². The minimum atomic E-state index is -3.53. The average Bonchev–Trinajstić information content (AvgIpc) is 2.52. The number of carbonyl (C=O) groups is 1. The van der Waals surface area contributed by atoms with Crippen LogP contribution in [0.2, 0.25) is 0 Å². The molecule has 0 unspecified atom stereocenters. The average molecular weight is 360 g/mol. The summed E-state index contributed by atoms with van der Waals surface area (Å²) in [6, 6.07) is 3.70. The van der Waals surface area contributed by atoms with Crippen molar-refractivity contribution >= 4 is 33.2 Å². The van der Waals surface area contributed by atoms with Gasteiger partial charge in [-0.1, -0.05) is 0 Å². The fourth-order valence-electron chi connectivity index (χ4n) is 2.04. The maximum absolute atomic E-state index is 12.1. The van der Waals surface area contributed by atoms with E-state index in [0.717, 1.165) is 24.1 Å². The van der Waals surface area contributed by atoms with E-state index in [0.29, 0.717) is 26.3 Å². The van der Waals surface area contributed by atoms with Crippen LogP contribution < -0.4 is 0 Å². The van der Waals surface area contributed by atoms with E-state index < -0.39 is 14.8 Å². The molecule has 0 spiro atoms. The maximum Gasteiger partial charge on any atom is 0.284 e. The summed E-state index contributed by atoms with van der Waals surface area (Å²) in [6.07, 6.45) is 0.987. The minimum Gasteiger partial charge on any atom is -0.378 e. The van der Waals surface area contributed by atoms with Gasteiger partial charge >= 0.3 is 0 Å². The van der Waals surface area contributed by atoms with Crippen molar-refractivity contribution in [2.75, 3.05) is 38.3 Å². The molecule has 0 radical (unpaired) electrons. The number of morpholine rings is 1. The van der Waals surface area contributed by atoms with E-state index in [1.165, 1.54) is 12.1 Å². The topological polar surface area (TPSA) is 107 Å². The number of nitro benzene ring substituents is 1. The molecule has 1 aliphatic heterocycles. The zero-order valence-electron chi connectivity index (χ0n) is 12.4. The van der Waals surface area contributed by atoms with Crippen LogP contribution in [-0.2, 0) is 19.4 Å². The maximum atomic E-state index is 12.1. The Morgan fingerprint density at radius 3 is 2.61 bits per heavy atom. The Balaban J connectivity index is 2.13. The van der Waals surface area contributed by atoms with E-state index in [1.54, 1.807) is 4.90 Å². The molecular weight excluding hydrogens is 344 g/mol. The van der Waals surface area contributed by atoms with Crippen molar-refractivity contribution < 1.29 is 22.9 Å². The number of benzene rings is 1. The van der Waals surface area contributed by atoms with Crippen LogP contribution in [0.4, 0.5) is 5.69 Å². The highest BCUT2D eigenvalue weighted by atomic mass is 32.2. The van der Waals surface area contributed by atoms with Gasteiger partial charge in [-0.25, -0.2) is 8.42 Å². The number of ether oxygens (including phenoxy) is 1. The van der Waals surface area contributed by atoms with Gasteiger partial charge in [0.2, 0.25) is 5.91 Å². The van der Waals surface area contributed by atoms with E-state index >= 15 is 0 Å². The Hall–Kier alpha value is -1.65. The lowest BCUT2D eigenvalue weighted by molar-refractivity contribution is -0.388. The first kappa shape index (κ1) is 17.7. The quantitative estimate of drug-likeness (QED) is 0.437. The number of thioether (sulfide) groups is 1. The van der Waals surface area contributed by atoms with Gasteiger partial charge in [-0.15, -0.1) is 11.8 Å². The van der Waals surface area contributed by atoms with Crippen LogP contribution in [-0.4, -0.2) is 62.5 Å². The molecular formula is C13H16N2O6S2. The van der Waals surface area contributed by atoms with E-state index in [1.807, 2.05) is 0 Å². The molecule has 1 aliphatic rings. The highest BCUT2D eigenvalue weighted by Crippen LogP contribution is 2.31. The highest BCUT2D eigenvalue weighted by Gasteiger charge is 2.22. The number of sulfone groups is 1. The molecule has 1 amide bonds. The molecule has 1 heterocycles. The molecule has 23 heavy (non-hydrogen) atoms. The van der Waals surface area contributed by atoms with E-state index in [4.69, 9.17) is 4.74 Å². The van der Waals surface area contributed by atoms with Crippen LogP contribution in [0.5, 0.6) is 0 Å². The number of nitrogens with zero attached hydrogens (tertiary/aromatic N) is 2. The molecule has 10 heteroatoms. The lowest BCUT2D eigenvalue weighted by Crippen LogP contribution is -2.41. The zero-order valence-corrected chi connectivity index (χ0v) is 14.1. The van der Waals surface area contributed by atoms with E-state index in [9.17, 15) is 23.3 Å². The SMILES string of the molecule is CS(=O)(=O)c1ccc(SCC(=O)N2CCOCC2)c([N+](=O)[O-])c1. The fraction of sp³-hybridized carbons (Fsp3) is 0.462. The van der Waals surface area contributed by atoms with Gasteiger partial charge in [-0.3, -0.25) is 14.9 Å². The van der Waals surface area contributed by atoms with Crippen molar-refractivity contribution in [2.24, 2.45) is 0 Å². The molecule has 0 atom stereocenters. The largest absolute Gasteiger partial charge is 0.378 e. The standard InChI is InChI=1S/C13H16N2O6S2/c1-23(19,20)10-2-3-12(11(8-10)15(17)18)22-9-13(16)14-4-6-21-7-5-14/h2-3,8H,4-7,9H2,1H3. The van der Waals surface area contributed by atoms with Gasteiger partial charge in [-0.05, 0) is 12.1 Å². The van der Waals surface area contributed by atoms with Gasteiger partial charge in [0.15, 0.2) is 9.84 Å². The lowest BCUT2D eigenvalue weighted by Gasteiger charge is -2.26. The third-order valence-electron chi connectivity index (χ3n) is 3.27. The molecule has 0 bridgehead atoms. The Labute approximate surface area is 137 Å². The molecule has 1 fully saturated rings. The summed E-state index contributed by atoms with van der Waals surface area (Å²) in [7, 11) is -3.53. The van der Waals surface area contributed by atoms with Crippen LogP contribution in [0.15, 0.2) is 28.0 Å². The molecule has 0 aliphatic carbocycles. The Bertz CT molecular complexity index is 713. The Kier molecular flexibility index (Phi) is 5.60. The van der Waals surface area contributed by atoms with Crippen molar-refractivity contribution in [1.82, 2.24) is 4.90 Å². The summed E-state index contributed by atoms with van der Waals surface area (Å²) >= 11 is 1.03. The third kappa shape index (κ3) is 4.66. The monoisotopic (exact) mass is 360 g/mol. The van der Waals surface area contributed by atoms with Crippen LogP contribution in [0.1, 0.15) is 0 Å². The summed E-state index contributed by atoms with van der Waals surface area (Å²) < 4.78 is 28.1. The summed E-state index contributed by atoms with van der Waals surface area (Å²) in [5.41, 5.74) is -0.312. The van der Waals surface area contributed by atoms with Gasteiger partial charge in [-0.2, -0.15) is 0 Å². The summed E-state index contributed by atoms with van der Waals surface area (Å²) in [6.45, 7) is 1.99. The Morgan fingerprint density at radius 1 is 1.39 bits per heavy atom. The van der Waals surface area contributed by atoms with E-state index in [-0.39, 0.29) is 27.1 Å². The van der Waals surface area contributed by atoms with Crippen LogP contribution in [0.3, 0.4) is 0 Å². The highest BCUT2D eigenvalue weighted by molar-refractivity contribution is 8.00. The summed E-state index contributed by atoms with van der Waals surface area (Å²) in [5, 5.41) is 11.1. The zero-order chi connectivity index (χ0) is 17.0. The molecule has 0 saturated carbocycles. The molecule has 1 aromatic carbocycles. The van der Waals surface area contributed by atoms with Crippen LogP contribution >= 0.6 is 11.8 Å². The summed E-state index contributed by atoms with van der Waals surface area (Å²) in [4.78, 5) is 24.3. The predicted molar refractivity (Wildman–Crippen MR) is 84.3 cm³/mol. The normalized spacial score (nSPS) is 15.4. The van der Waals surface area contributed by atoms with Gasteiger partial charge in [0.05, 0.1) is 33.7 Å². The molecule has 0 aromatic heterocycles. The Morgan fingerprint density at radius 2 is 2.04 bits per heavy atom. The van der Waals surface area contributed by atoms with Gasteiger partial charge in [0.1, 0.15) is 0 Å². The molecule has 2 rings (SSSR count). The van der Waals surface area contributed by atoms with Gasteiger partial charge in [0, 0.05) is 25.4 Å². The second kappa shape index (κ2) is 7.28. The molecule has 1 aromatic rings. The number of amides is 1.